The monoisotopic (exact) mass is 459 g/mol. The summed E-state index contributed by atoms with van der Waals surface area (Å²) >= 11 is 7.80. The number of methoxy groups -OCH3 is 1. The first-order valence-corrected chi connectivity index (χ1v) is 11.8. The van der Waals surface area contributed by atoms with Crippen LogP contribution >= 0.6 is 22.9 Å². The number of ether oxygens (including phenoxy) is 1. The molecule has 0 atom stereocenters. The van der Waals surface area contributed by atoms with E-state index >= 15 is 0 Å². The average molecular weight is 460 g/mol. The summed E-state index contributed by atoms with van der Waals surface area (Å²) in [7, 11) is 1.65. The molecule has 0 bridgehead atoms. The molecule has 0 spiro atoms. The highest BCUT2D eigenvalue weighted by molar-refractivity contribution is 7.15. The van der Waals surface area contributed by atoms with E-state index in [1.165, 1.54) is 43.4 Å². The number of thiophene rings is 1. The van der Waals surface area contributed by atoms with Crippen LogP contribution in [0, 0.1) is 16.0 Å². The molecule has 0 unspecified atom stereocenters. The zero-order valence-electron chi connectivity index (χ0n) is 17.6. The molecule has 0 amide bonds. The van der Waals surface area contributed by atoms with Gasteiger partial charge in [-0.15, -0.1) is 0 Å². The predicted molar refractivity (Wildman–Crippen MR) is 125 cm³/mol. The van der Waals surface area contributed by atoms with Gasteiger partial charge in [-0.3, -0.25) is 15.0 Å². The number of pyridine rings is 1. The van der Waals surface area contributed by atoms with Crippen LogP contribution in [0.3, 0.4) is 0 Å². The summed E-state index contributed by atoms with van der Waals surface area (Å²) in [5.74, 6) is 1.43. The van der Waals surface area contributed by atoms with Crippen molar-refractivity contribution in [2.24, 2.45) is 5.92 Å². The minimum absolute atomic E-state index is 0.185. The maximum atomic E-state index is 11.1. The summed E-state index contributed by atoms with van der Waals surface area (Å²) in [6, 6.07) is 11.3. The van der Waals surface area contributed by atoms with Gasteiger partial charge in [0.15, 0.2) is 0 Å². The summed E-state index contributed by atoms with van der Waals surface area (Å²) in [6.07, 6.45) is 6.35. The lowest BCUT2D eigenvalue weighted by atomic mass is 9.89. The zero-order valence-corrected chi connectivity index (χ0v) is 19.1. The lowest BCUT2D eigenvalue weighted by Crippen LogP contribution is -2.30. The summed E-state index contributed by atoms with van der Waals surface area (Å²) in [5, 5.41) is 12.8. The van der Waals surface area contributed by atoms with Crippen molar-refractivity contribution < 1.29 is 9.66 Å². The highest BCUT2D eigenvalue weighted by Gasteiger charge is 2.20. The Morgan fingerprint density at radius 1 is 1.19 bits per heavy atom. The molecule has 0 aliphatic heterocycles. The van der Waals surface area contributed by atoms with Gasteiger partial charge in [-0.25, -0.2) is 4.98 Å². The fraction of sp³-hybridized carbons (Fsp3) is 0.435. The number of hydrogen-bond donors (Lipinski definition) is 0. The standard InChI is InChI=1S/C23H26ClN3O3S/c1-30-19-7-9-21-17(12-19)11-18(23(24)25-21)14-26(13-16-5-3-2-4-6-16)15-20-8-10-22(31-20)27(28)29/h7-12,16H,2-6,13-15H2,1H3. The summed E-state index contributed by atoms with van der Waals surface area (Å²) in [6.45, 7) is 2.28. The third-order valence-electron chi connectivity index (χ3n) is 5.89. The minimum atomic E-state index is -0.322. The van der Waals surface area contributed by atoms with Gasteiger partial charge in [-0.2, -0.15) is 0 Å². The number of aromatic nitrogens is 1. The molecule has 3 aromatic rings. The van der Waals surface area contributed by atoms with E-state index in [1.807, 2.05) is 24.3 Å². The molecular formula is C23H26ClN3O3S. The maximum absolute atomic E-state index is 11.1. The topological polar surface area (TPSA) is 68.5 Å². The Morgan fingerprint density at radius 2 is 2.00 bits per heavy atom. The van der Waals surface area contributed by atoms with Crippen molar-refractivity contribution in [1.82, 2.24) is 9.88 Å². The fourth-order valence-corrected chi connectivity index (χ4v) is 5.41. The van der Waals surface area contributed by atoms with E-state index < -0.39 is 0 Å². The Morgan fingerprint density at radius 3 is 2.71 bits per heavy atom. The Labute approximate surface area is 191 Å². The Kier molecular flexibility index (Phi) is 7.05. The molecule has 1 aliphatic carbocycles. The number of fused-ring (bicyclic) bond motifs is 1. The molecular weight excluding hydrogens is 434 g/mol. The van der Waals surface area contributed by atoms with E-state index in [0.29, 0.717) is 24.2 Å². The summed E-state index contributed by atoms with van der Waals surface area (Å²) in [4.78, 5) is 18.7. The number of nitro groups is 1. The van der Waals surface area contributed by atoms with E-state index in [-0.39, 0.29) is 9.92 Å². The molecule has 8 heteroatoms. The molecule has 0 radical (unpaired) electrons. The van der Waals surface area contributed by atoms with Crippen LogP contribution in [0.15, 0.2) is 36.4 Å². The van der Waals surface area contributed by atoms with Crippen LogP contribution in [0.2, 0.25) is 5.15 Å². The van der Waals surface area contributed by atoms with Gasteiger partial charge >= 0.3 is 5.00 Å². The Bertz CT molecular complexity index is 1070. The molecule has 4 rings (SSSR count). The van der Waals surface area contributed by atoms with Crippen molar-refractivity contribution in [3.63, 3.8) is 0 Å². The Hall–Kier alpha value is -2.22. The molecule has 164 valence electrons. The third-order valence-corrected chi connectivity index (χ3v) is 7.24. The SMILES string of the molecule is COc1ccc2nc(Cl)c(CN(Cc3ccc([N+](=O)[O-])s3)CC3CCCCC3)cc2c1. The van der Waals surface area contributed by atoms with Crippen LogP contribution in [0.25, 0.3) is 10.9 Å². The van der Waals surface area contributed by atoms with Gasteiger partial charge in [0, 0.05) is 41.5 Å². The van der Waals surface area contributed by atoms with Gasteiger partial charge in [-0.05, 0) is 49.1 Å². The van der Waals surface area contributed by atoms with Crippen molar-refractivity contribution in [3.8, 4) is 5.75 Å². The van der Waals surface area contributed by atoms with E-state index in [4.69, 9.17) is 16.3 Å². The highest BCUT2D eigenvalue weighted by atomic mass is 35.5. The molecule has 2 heterocycles. The Balaban J connectivity index is 1.59. The van der Waals surface area contributed by atoms with Crippen molar-refractivity contribution in [2.45, 2.75) is 45.2 Å². The second kappa shape index (κ2) is 9.94. The first-order valence-electron chi connectivity index (χ1n) is 10.6. The van der Waals surface area contributed by atoms with E-state index in [2.05, 4.69) is 16.0 Å². The molecule has 2 aromatic heterocycles. The predicted octanol–water partition coefficient (Wildman–Crippen LogP) is 6.45. The van der Waals surface area contributed by atoms with Crippen LogP contribution in [0.5, 0.6) is 5.75 Å². The second-order valence-corrected chi connectivity index (χ2v) is 9.67. The van der Waals surface area contributed by atoms with Gasteiger partial charge < -0.3 is 4.74 Å². The number of benzene rings is 1. The van der Waals surface area contributed by atoms with Crippen molar-refractivity contribution >= 4 is 38.8 Å². The average Bonchev–Trinajstić information content (AvgIpc) is 3.23. The smallest absolute Gasteiger partial charge is 0.324 e. The molecule has 1 aromatic carbocycles. The van der Waals surface area contributed by atoms with Crippen LogP contribution < -0.4 is 4.74 Å². The van der Waals surface area contributed by atoms with Gasteiger partial charge in [0.05, 0.1) is 17.5 Å². The molecule has 1 saturated carbocycles. The normalized spacial score (nSPS) is 14.9. The molecule has 1 aliphatic rings. The minimum Gasteiger partial charge on any atom is -0.497 e. The molecule has 0 N–H and O–H groups in total. The first-order chi connectivity index (χ1) is 15.0. The molecule has 6 nitrogen and oxygen atoms in total. The highest BCUT2D eigenvalue weighted by Crippen LogP contribution is 2.30. The molecule has 0 saturated heterocycles. The summed E-state index contributed by atoms with van der Waals surface area (Å²) < 4.78 is 5.35. The maximum Gasteiger partial charge on any atom is 0.324 e. The van der Waals surface area contributed by atoms with E-state index in [0.717, 1.165) is 33.6 Å². The van der Waals surface area contributed by atoms with E-state index in [9.17, 15) is 10.1 Å². The number of nitrogens with zero attached hydrogens (tertiary/aromatic N) is 3. The quantitative estimate of drug-likeness (QED) is 0.220. The van der Waals surface area contributed by atoms with Crippen molar-refractivity contribution in [3.05, 3.63) is 62.1 Å². The number of hydrogen-bond acceptors (Lipinski definition) is 6. The largest absolute Gasteiger partial charge is 0.497 e. The lowest BCUT2D eigenvalue weighted by molar-refractivity contribution is -0.380. The first kappa shape index (κ1) is 22.0. The van der Waals surface area contributed by atoms with Crippen LogP contribution in [0.1, 0.15) is 42.5 Å². The fourth-order valence-electron chi connectivity index (χ4n) is 4.34. The second-order valence-electron chi connectivity index (χ2n) is 8.17. The summed E-state index contributed by atoms with van der Waals surface area (Å²) in [5.41, 5.74) is 1.80. The van der Waals surface area contributed by atoms with Gasteiger partial charge in [-0.1, -0.05) is 42.2 Å². The van der Waals surface area contributed by atoms with E-state index in [1.54, 1.807) is 13.2 Å². The number of rotatable bonds is 8. The number of halogens is 1. The van der Waals surface area contributed by atoms with Crippen molar-refractivity contribution in [2.75, 3.05) is 13.7 Å². The van der Waals surface area contributed by atoms with Gasteiger partial charge in [0.2, 0.25) is 0 Å². The molecule has 1 fully saturated rings. The van der Waals surface area contributed by atoms with Crippen LogP contribution in [0.4, 0.5) is 5.00 Å². The van der Waals surface area contributed by atoms with Crippen LogP contribution in [-0.2, 0) is 13.1 Å². The van der Waals surface area contributed by atoms with Gasteiger partial charge in [0.1, 0.15) is 10.9 Å². The lowest BCUT2D eigenvalue weighted by Gasteiger charge is -2.29. The van der Waals surface area contributed by atoms with Crippen LogP contribution in [-0.4, -0.2) is 28.5 Å². The molecule has 31 heavy (non-hydrogen) atoms. The zero-order chi connectivity index (χ0) is 21.8. The van der Waals surface area contributed by atoms with Crippen molar-refractivity contribution in [1.29, 1.82) is 0 Å². The third kappa shape index (κ3) is 5.53. The van der Waals surface area contributed by atoms with Gasteiger partial charge in [0.25, 0.3) is 0 Å².